The van der Waals surface area contributed by atoms with Gasteiger partial charge in [-0.25, -0.2) is 0 Å². The van der Waals surface area contributed by atoms with E-state index in [-0.39, 0.29) is 0 Å². The Hall–Kier alpha value is -1.31. The quantitative estimate of drug-likeness (QED) is 0.557. The van der Waals surface area contributed by atoms with Crippen molar-refractivity contribution in [2.45, 2.75) is 18.4 Å². The van der Waals surface area contributed by atoms with Crippen LogP contribution in [0.25, 0.3) is 0 Å². The zero-order valence-electron chi connectivity index (χ0n) is 7.94. The van der Waals surface area contributed by atoms with Crippen LogP contribution in [0.2, 0.25) is 0 Å². The summed E-state index contributed by atoms with van der Waals surface area (Å²) in [5.41, 5.74) is 2.84. The second-order valence-corrected chi connectivity index (χ2v) is 4.34. The summed E-state index contributed by atoms with van der Waals surface area (Å²) in [6.45, 7) is 1.96. The molecule has 14 heavy (non-hydrogen) atoms. The van der Waals surface area contributed by atoms with Crippen molar-refractivity contribution >= 4 is 5.90 Å². The molecule has 3 aliphatic rings. The van der Waals surface area contributed by atoms with Crippen molar-refractivity contribution in [1.82, 2.24) is 0 Å². The lowest BCUT2D eigenvalue weighted by Gasteiger charge is -2.10. The Morgan fingerprint density at radius 1 is 1.29 bits per heavy atom. The normalized spacial score (nSPS) is 31.7. The molecule has 1 aromatic rings. The summed E-state index contributed by atoms with van der Waals surface area (Å²) in [6.07, 6.45) is 1.32. The van der Waals surface area contributed by atoms with E-state index in [2.05, 4.69) is 28.8 Å². The molecule has 0 saturated heterocycles. The van der Waals surface area contributed by atoms with Gasteiger partial charge in [-0.3, -0.25) is 0 Å². The first-order valence-electron chi connectivity index (χ1n) is 5.31. The molecular weight excluding hydrogens is 174 g/mol. The van der Waals surface area contributed by atoms with Crippen molar-refractivity contribution in [2.24, 2.45) is 0 Å². The lowest BCUT2D eigenvalue weighted by atomic mass is 10.0. The van der Waals surface area contributed by atoms with Crippen molar-refractivity contribution in [1.29, 1.82) is 0 Å². The molecule has 70 valence electrons. The number of hydrogen-bond acceptors (Lipinski definition) is 1. The fraction of sp³-hybridized carbons (Fsp3) is 0.417. The lowest BCUT2D eigenvalue weighted by molar-refractivity contribution is -0.534. The maximum absolute atomic E-state index is 5.72. The van der Waals surface area contributed by atoms with Gasteiger partial charge in [-0.05, 0) is 11.6 Å². The van der Waals surface area contributed by atoms with Crippen LogP contribution in [0.4, 0.5) is 0 Å². The van der Waals surface area contributed by atoms with Crippen molar-refractivity contribution < 1.29 is 9.31 Å². The topological polar surface area (TPSA) is 12.2 Å². The standard InChI is InChI=1S/C12H12NO/c1-2-4-9-8(3-1)10-7-11(10)13-5-6-14-12(9)13/h1-4,10-11H,5-7H2/q+1. The first kappa shape index (κ1) is 7.04. The average Bonchev–Trinajstić information content (AvgIpc) is 2.89. The highest BCUT2D eigenvalue weighted by Gasteiger charge is 2.55. The van der Waals surface area contributed by atoms with Crippen LogP contribution in [0.15, 0.2) is 24.3 Å². The molecule has 0 aromatic heterocycles. The Balaban J connectivity index is 2.01. The van der Waals surface area contributed by atoms with E-state index >= 15 is 0 Å². The molecule has 2 aliphatic heterocycles. The molecule has 2 nitrogen and oxygen atoms in total. The Kier molecular flexibility index (Phi) is 1.10. The van der Waals surface area contributed by atoms with E-state index in [4.69, 9.17) is 4.74 Å². The molecule has 2 heteroatoms. The maximum Gasteiger partial charge on any atom is 0.370 e. The van der Waals surface area contributed by atoms with Crippen molar-refractivity contribution in [3.63, 3.8) is 0 Å². The van der Waals surface area contributed by atoms with Gasteiger partial charge in [-0.2, -0.15) is 4.58 Å². The second-order valence-electron chi connectivity index (χ2n) is 4.34. The summed E-state index contributed by atoms with van der Waals surface area (Å²) < 4.78 is 8.17. The van der Waals surface area contributed by atoms with Crippen LogP contribution in [0, 0.1) is 0 Å². The van der Waals surface area contributed by atoms with Crippen molar-refractivity contribution in [2.75, 3.05) is 13.2 Å². The van der Waals surface area contributed by atoms with Gasteiger partial charge in [0.1, 0.15) is 0 Å². The summed E-state index contributed by atoms with van der Waals surface area (Å²) in [7, 11) is 0. The fourth-order valence-corrected chi connectivity index (χ4v) is 2.85. The molecule has 2 heterocycles. The summed E-state index contributed by atoms with van der Waals surface area (Å²) in [5, 5.41) is 0. The third-order valence-corrected chi connectivity index (χ3v) is 3.58. The van der Waals surface area contributed by atoms with Gasteiger partial charge in [0.15, 0.2) is 19.2 Å². The summed E-state index contributed by atoms with van der Waals surface area (Å²) in [5.74, 6) is 1.93. The number of benzene rings is 1. The van der Waals surface area contributed by atoms with Crippen molar-refractivity contribution in [3.8, 4) is 0 Å². The van der Waals surface area contributed by atoms with Crippen LogP contribution in [0.1, 0.15) is 23.5 Å². The van der Waals surface area contributed by atoms with Crippen LogP contribution < -0.4 is 0 Å². The minimum Gasteiger partial charge on any atom is -0.438 e. The Morgan fingerprint density at radius 3 is 3.21 bits per heavy atom. The lowest BCUT2D eigenvalue weighted by Crippen LogP contribution is -2.25. The first-order valence-corrected chi connectivity index (χ1v) is 5.31. The van der Waals surface area contributed by atoms with Crippen LogP contribution >= 0.6 is 0 Å². The third-order valence-electron chi connectivity index (χ3n) is 3.58. The van der Waals surface area contributed by atoms with E-state index in [0.717, 1.165) is 31.0 Å². The molecule has 1 aromatic carbocycles. The van der Waals surface area contributed by atoms with Crippen LogP contribution in [-0.4, -0.2) is 29.7 Å². The second kappa shape index (κ2) is 2.19. The zero-order valence-corrected chi connectivity index (χ0v) is 7.94. The largest absolute Gasteiger partial charge is 0.438 e. The Morgan fingerprint density at radius 2 is 2.21 bits per heavy atom. The summed E-state index contributed by atoms with van der Waals surface area (Å²) in [6, 6.07) is 9.44. The van der Waals surface area contributed by atoms with Gasteiger partial charge in [0, 0.05) is 6.42 Å². The smallest absolute Gasteiger partial charge is 0.370 e. The molecular formula is C12H12NO+. The molecule has 1 aliphatic carbocycles. The molecule has 0 N–H and O–H groups in total. The number of rotatable bonds is 0. The van der Waals surface area contributed by atoms with E-state index in [0.29, 0.717) is 0 Å². The molecule has 0 amide bonds. The third kappa shape index (κ3) is 0.707. The molecule has 1 fully saturated rings. The molecule has 0 radical (unpaired) electrons. The molecule has 0 bridgehead atoms. The maximum atomic E-state index is 5.72. The first-order chi connectivity index (χ1) is 6.95. The number of ether oxygens (including phenoxy) is 1. The number of nitrogens with zero attached hydrogens (tertiary/aromatic N) is 1. The minimum atomic E-state index is 0.752. The van der Waals surface area contributed by atoms with E-state index in [9.17, 15) is 0 Å². The van der Waals surface area contributed by atoms with E-state index in [1.165, 1.54) is 17.5 Å². The van der Waals surface area contributed by atoms with Crippen LogP contribution in [0.3, 0.4) is 0 Å². The van der Waals surface area contributed by atoms with Crippen molar-refractivity contribution in [3.05, 3.63) is 35.4 Å². The molecule has 2 atom stereocenters. The molecule has 2 unspecified atom stereocenters. The van der Waals surface area contributed by atoms with E-state index in [1.807, 2.05) is 0 Å². The van der Waals surface area contributed by atoms with Gasteiger partial charge < -0.3 is 4.74 Å². The summed E-state index contributed by atoms with van der Waals surface area (Å²) >= 11 is 0. The van der Waals surface area contributed by atoms with Gasteiger partial charge >= 0.3 is 5.90 Å². The van der Waals surface area contributed by atoms with Crippen LogP contribution in [-0.2, 0) is 4.74 Å². The monoisotopic (exact) mass is 186 g/mol. The van der Waals surface area contributed by atoms with Gasteiger partial charge in [-0.1, -0.05) is 18.2 Å². The number of fused-ring (bicyclic) bond motifs is 5. The summed E-state index contributed by atoms with van der Waals surface area (Å²) in [4.78, 5) is 0. The zero-order chi connectivity index (χ0) is 9.12. The van der Waals surface area contributed by atoms with Gasteiger partial charge in [-0.15, -0.1) is 0 Å². The van der Waals surface area contributed by atoms with Crippen LogP contribution in [0.5, 0.6) is 0 Å². The molecule has 0 spiro atoms. The highest BCUT2D eigenvalue weighted by Crippen LogP contribution is 2.48. The van der Waals surface area contributed by atoms with E-state index < -0.39 is 0 Å². The molecule has 1 saturated carbocycles. The van der Waals surface area contributed by atoms with Gasteiger partial charge in [0.25, 0.3) is 0 Å². The van der Waals surface area contributed by atoms with Gasteiger partial charge in [0.2, 0.25) is 0 Å². The highest BCUT2D eigenvalue weighted by molar-refractivity contribution is 5.93. The SMILES string of the molecule is c1ccc2c(c1)C1=[N+](CCO1)C1CC21. The highest BCUT2D eigenvalue weighted by atomic mass is 16.5. The fourth-order valence-electron chi connectivity index (χ4n) is 2.85. The predicted octanol–water partition coefficient (Wildman–Crippen LogP) is 1.35. The Bertz CT molecular complexity index is 449. The Labute approximate surface area is 82.8 Å². The van der Waals surface area contributed by atoms with E-state index in [1.54, 1.807) is 0 Å². The minimum absolute atomic E-state index is 0.752. The number of hydrogen-bond donors (Lipinski definition) is 0. The van der Waals surface area contributed by atoms with Gasteiger partial charge in [0.05, 0.1) is 11.5 Å². The average molecular weight is 186 g/mol. The molecule has 4 rings (SSSR count). The predicted molar refractivity (Wildman–Crippen MR) is 52.8 cm³/mol.